The molecule has 0 aliphatic carbocycles. The van der Waals surface area contributed by atoms with Gasteiger partial charge in [0.15, 0.2) is 0 Å². The SMILES string of the molecule is COc1ccccc1Cc1ncc(C#N)c(=O)[nH]1. The van der Waals surface area contributed by atoms with Gasteiger partial charge in [-0.3, -0.25) is 4.79 Å². The lowest BCUT2D eigenvalue weighted by Gasteiger charge is -2.07. The van der Waals surface area contributed by atoms with Crippen molar-refractivity contribution in [2.75, 3.05) is 7.11 Å². The molecule has 0 bridgehead atoms. The van der Waals surface area contributed by atoms with Crippen molar-refractivity contribution < 1.29 is 4.74 Å². The number of ether oxygens (including phenoxy) is 1. The summed E-state index contributed by atoms with van der Waals surface area (Å²) in [6, 6.07) is 9.28. The zero-order valence-corrected chi connectivity index (χ0v) is 9.80. The third kappa shape index (κ3) is 2.38. The summed E-state index contributed by atoms with van der Waals surface area (Å²) in [4.78, 5) is 18.1. The van der Waals surface area contributed by atoms with E-state index < -0.39 is 5.56 Å². The topological polar surface area (TPSA) is 78.8 Å². The Morgan fingerprint density at radius 3 is 2.89 bits per heavy atom. The second-order valence-electron chi connectivity index (χ2n) is 3.67. The highest BCUT2D eigenvalue weighted by Gasteiger charge is 2.06. The molecule has 5 nitrogen and oxygen atoms in total. The lowest BCUT2D eigenvalue weighted by atomic mass is 10.1. The predicted octanol–water partition coefficient (Wildman–Crippen LogP) is 1.24. The van der Waals surface area contributed by atoms with E-state index in [2.05, 4.69) is 9.97 Å². The van der Waals surface area contributed by atoms with Gasteiger partial charge in [-0.25, -0.2) is 4.98 Å². The number of para-hydroxylation sites is 1. The Bertz CT molecular complexity index is 656. The summed E-state index contributed by atoms with van der Waals surface area (Å²) in [5.41, 5.74) is 0.518. The van der Waals surface area contributed by atoms with E-state index in [4.69, 9.17) is 10.00 Å². The van der Waals surface area contributed by atoms with Crippen LogP contribution in [0.5, 0.6) is 5.75 Å². The van der Waals surface area contributed by atoms with E-state index in [1.807, 2.05) is 24.3 Å². The van der Waals surface area contributed by atoms with Crippen molar-refractivity contribution >= 4 is 0 Å². The fourth-order valence-corrected chi connectivity index (χ4v) is 1.63. The Balaban J connectivity index is 2.32. The van der Waals surface area contributed by atoms with Gasteiger partial charge in [-0.15, -0.1) is 0 Å². The molecule has 0 saturated carbocycles. The number of aromatic nitrogens is 2. The number of hydrogen-bond acceptors (Lipinski definition) is 4. The molecule has 0 unspecified atom stereocenters. The fraction of sp³-hybridized carbons (Fsp3) is 0.154. The minimum absolute atomic E-state index is 0.0128. The van der Waals surface area contributed by atoms with Gasteiger partial charge in [-0.1, -0.05) is 18.2 Å². The average Bonchev–Trinajstić information content (AvgIpc) is 2.39. The molecule has 0 amide bonds. The smallest absolute Gasteiger partial charge is 0.268 e. The minimum Gasteiger partial charge on any atom is -0.496 e. The highest BCUT2D eigenvalue weighted by Crippen LogP contribution is 2.19. The second kappa shape index (κ2) is 5.15. The van der Waals surface area contributed by atoms with Crippen LogP contribution in [-0.2, 0) is 6.42 Å². The number of aromatic amines is 1. The monoisotopic (exact) mass is 241 g/mol. The van der Waals surface area contributed by atoms with Crippen LogP contribution in [0.2, 0.25) is 0 Å². The molecule has 0 aliphatic heterocycles. The normalized spacial score (nSPS) is 9.78. The van der Waals surface area contributed by atoms with Crippen molar-refractivity contribution in [2.24, 2.45) is 0 Å². The summed E-state index contributed by atoms with van der Waals surface area (Å²) in [5.74, 6) is 1.24. The van der Waals surface area contributed by atoms with Crippen LogP contribution in [0, 0.1) is 11.3 Å². The maximum atomic E-state index is 11.5. The van der Waals surface area contributed by atoms with Crippen LogP contribution in [0.1, 0.15) is 17.0 Å². The summed E-state index contributed by atoms with van der Waals surface area (Å²) >= 11 is 0. The van der Waals surface area contributed by atoms with Crippen LogP contribution in [0.25, 0.3) is 0 Å². The summed E-state index contributed by atoms with van der Waals surface area (Å²) < 4.78 is 5.22. The summed E-state index contributed by atoms with van der Waals surface area (Å²) in [6.07, 6.45) is 1.73. The molecule has 0 spiro atoms. The molecule has 2 aromatic rings. The van der Waals surface area contributed by atoms with Crippen LogP contribution in [-0.4, -0.2) is 17.1 Å². The molecule has 5 heteroatoms. The summed E-state index contributed by atoms with van der Waals surface area (Å²) in [7, 11) is 1.59. The number of nitrogens with one attached hydrogen (secondary N) is 1. The van der Waals surface area contributed by atoms with Crippen molar-refractivity contribution in [2.45, 2.75) is 6.42 Å². The van der Waals surface area contributed by atoms with E-state index in [0.717, 1.165) is 11.3 Å². The highest BCUT2D eigenvalue weighted by molar-refractivity contribution is 5.35. The van der Waals surface area contributed by atoms with Crippen LogP contribution < -0.4 is 10.3 Å². The fourth-order valence-electron chi connectivity index (χ4n) is 1.63. The third-order valence-electron chi connectivity index (χ3n) is 2.52. The largest absolute Gasteiger partial charge is 0.496 e. The first-order valence-corrected chi connectivity index (χ1v) is 5.35. The number of methoxy groups -OCH3 is 1. The van der Waals surface area contributed by atoms with Gasteiger partial charge < -0.3 is 9.72 Å². The van der Waals surface area contributed by atoms with E-state index >= 15 is 0 Å². The van der Waals surface area contributed by atoms with Gasteiger partial charge in [0.05, 0.1) is 13.3 Å². The molecule has 0 fully saturated rings. The number of hydrogen-bond donors (Lipinski definition) is 1. The lowest BCUT2D eigenvalue weighted by molar-refractivity contribution is 0.410. The molecular formula is C13H11N3O2. The van der Waals surface area contributed by atoms with Crippen LogP contribution in [0.4, 0.5) is 0 Å². The number of nitriles is 1. The predicted molar refractivity (Wildman–Crippen MR) is 65.4 cm³/mol. The van der Waals surface area contributed by atoms with Crippen molar-refractivity contribution in [3.8, 4) is 11.8 Å². The van der Waals surface area contributed by atoms with Gasteiger partial charge in [-0.05, 0) is 6.07 Å². The molecule has 1 N–H and O–H groups in total. The highest BCUT2D eigenvalue weighted by atomic mass is 16.5. The van der Waals surface area contributed by atoms with Crippen molar-refractivity contribution in [1.29, 1.82) is 5.26 Å². The Morgan fingerprint density at radius 1 is 1.44 bits per heavy atom. The zero-order valence-electron chi connectivity index (χ0n) is 9.80. The van der Waals surface area contributed by atoms with E-state index in [1.165, 1.54) is 6.20 Å². The Hall–Kier alpha value is -2.61. The lowest BCUT2D eigenvalue weighted by Crippen LogP contribution is -2.14. The number of H-pyrrole nitrogens is 1. The molecule has 18 heavy (non-hydrogen) atoms. The summed E-state index contributed by atoms with van der Waals surface area (Å²) in [6.45, 7) is 0. The summed E-state index contributed by atoms with van der Waals surface area (Å²) in [5, 5.41) is 8.65. The zero-order chi connectivity index (χ0) is 13.0. The number of rotatable bonds is 3. The third-order valence-corrected chi connectivity index (χ3v) is 2.52. The first kappa shape index (κ1) is 11.9. The number of nitrogens with zero attached hydrogens (tertiary/aromatic N) is 2. The second-order valence-corrected chi connectivity index (χ2v) is 3.67. The maximum absolute atomic E-state index is 11.5. The standard InChI is InChI=1S/C13H11N3O2/c1-18-11-5-3-2-4-9(11)6-12-15-8-10(7-14)13(17)16-12/h2-5,8H,6H2,1H3,(H,15,16,17). The molecule has 0 saturated heterocycles. The first-order chi connectivity index (χ1) is 8.74. The van der Waals surface area contributed by atoms with Crippen molar-refractivity contribution in [3.05, 3.63) is 57.8 Å². The van der Waals surface area contributed by atoms with Crippen LogP contribution in [0.15, 0.2) is 35.3 Å². The van der Waals surface area contributed by atoms with Gasteiger partial charge in [0.25, 0.3) is 5.56 Å². The molecule has 90 valence electrons. The van der Waals surface area contributed by atoms with Gasteiger partial charge in [0.2, 0.25) is 0 Å². The van der Waals surface area contributed by atoms with Crippen LogP contribution >= 0.6 is 0 Å². The maximum Gasteiger partial charge on any atom is 0.268 e. The van der Waals surface area contributed by atoms with E-state index in [9.17, 15) is 4.79 Å². The first-order valence-electron chi connectivity index (χ1n) is 5.35. The van der Waals surface area contributed by atoms with Gasteiger partial charge in [0.1, 0.15) is 23.2 Å². The molecule has 2 rings (SSSR count). The van der Waals surface area contributed by atoms with Gasteiger partial charge in [-0.2, -0.15) is 5.26 Å². The molecule has 0 radical (unpaired) electrons. The van der Waals surface area contributed by atoms with Crippen molar-refractivity contribution in [1.82, 2.24) is 9.97 Å². The Morgan fingerprint density at radius 2 is 2.22 bits per heavy atom. The molecule has 1 heterocycles. The van der Waals surface area contributed by atoms with Crippen molar-refractivity contribution in [3.63, 3.8) is 0 Å². The molecule has 0 aliphatic rings. The average molecular weight is 241 g/mol. The van der Waals surface area contributed by atoms with E-state index in [1.54, 1.807) is 13.2 Å². The molecule has 1 aromatic heterocycles. The van der Waals surface area contributed by atoms with Crippen LogP contribution in [0.3, 0.4) is 0 Å². The minimum atomic E-state index is -0.419. The van der Waals surface area contributed by atoms with Gasteiger partial charge >= 0.3 is 0 Å². The molecular weight excluding hydrogens is 230 g/mol. The Labute approximate surface area is 104 Å². The molecule has 0 atom stereocenters. The van der Waals surface area contributed by atoms with Gasteiger partial charge in [0, 0.05) is 12.0 Å². The number of benzene rings is 1. The Kier molecular flexibility index (Phi) is 3.39. The van der Waals surface area contributed by atoms with E-state index in [0.29, 0.717) is 12.2 Å². The molecule has 1 aromatic carbocycles. The van der Waals surface area contributed by atoms with E-state index in [-0.39, 0.29) is 5.56 Å². The quantitative estimate of drug-likeness (QED) is 0.876.